The van der Waals surface area contributed by atoms with Crippen LogP contribution in [0.1, 0.15) is 35.5 Å². The number of carboxylic acid groups (broad SMARTS) is 1. The predicted octanol–water partition coefficient (Wildman–Crippen LogP) is 4.08. The van der Waals surface area contributed by atoms with Gasteiger partial charge in [-0.3, -0.25) is 9.12 Å². The van der Waals surface area contributed by atoms with Gasteiger partial charge in [0.2, 0.25) is 18.4 Å². The molecule has 0 amide bonds. The van der Waals surface area contributed by atoms with Gasteiger partial charge in [0.15, 0.2) is 0 Å². The van der Waals surface area contributed by atoms with Crippen LogP contribution >= 0.6 is 7.37 Å². The van der Waals surface area contributed by atoms with Gasteiger partial charge in [0.25, 0.3) is 5.37 Å². The third-order valence-corrected chi connectivity index (χ3v) is 6.42. The lowest BCUT2D eigenvalue weighted by atomic mass is 10.0. The molecule has 30 heavy (non-hydrogen) atoms. The number of hydrogen-bond acceptors (Lipinski definition) is 5. The molecule has 0 aliphatic heterocycles. The van der Waals surface area contributed by atoms with E-state index in [-0.39, 0.29) is 23.1 Å². The van der Waals surface area contributed by atoms with Gasteiger partial charge in [-0.1, -0.05) is 19.1 Å². The minimum Gasteiger partial charge on any atom is -0.478 e. The summed E-state index contributed by atoms with van der Waals surface area (Å²) in [4.78, 5) is 12.2. The van der Waals surface area contributed by atoms with E-state index in [2.05, 4.69) is 0 Å². The summed E-state index contributed by atoms with van der Waals surface area (Å²) in [5, 5.41) is 9.16. The highest BCUT2D eigenvalue weighted by Gasteiger charge is 2.37. The van der Waals surface area contributed by atoms with E-state index in [0.29, 0.717) is 22.8 Å². The molecule has 3 aromatic rings. The number of rotatable bonds is 7. The summed E-state index contributed by atoms with van der Waals surface area (Å²) in [6, 6.07) is 11.0. The number of benzene rings is 2. The summed E-state index contributed by atoms with van der Waals surface area (Å²) in [6.45, 7) is 4.66. The van der Waals surface area contributed by atoms with Crippen LogP contribution in [0.3, 0.4) is 0 Å². The molecule has 2 N–H and O–H groups in total. The molecule has 0 saturated carbocycles. The maximum Gasteiger partial charge on any atom is 0.337 e. The molecular weight excluding hydrogens is 429 g/mol. The number of hydrogen-bond donors (Lipinski definition) is 2. The number of aromatic nitrogens is 1. The number of para-hydroxylation sites is 1. The Balaban J connectivity index is 2.52. The lowest BCUT2D eigenvalue weighted by Gasteiger charge is -2.16. The molecular formula is C20H23NO7PS+. The van der Waals surface area contributed by atoms with Crippen LogP contribution in [0, 0.1) is 0 Å². The van der Waals surface area contributed by atoms with E-state index in [4.69, 9.17) is 4.52 Å². The summed E-state index contributed by atoms with van der Waals surface area (Å²) in [5.74, 6) is -0.991. The Kier molecular flexibility index (Phi) is 5.91. The van der Waals surface area contributed by atoms with Crippen molar-refractivity contribution in [1.29, 1.82) is 0 Å². The predicted molar refractivity (Wildman–Crippen MR) is 114 cm³/mol. The first-order valence-corrected chi connectivity index (χ1v) is 13.3. The first-order chi connectivity index (χ1) is 13.9. The van der Waals surface area contributed by atoms with Gasteiger partial charge in [-0.05, 0) is 24.6 Å². The minimum absolute atomic E-state index is 0.0325. The van der Waals surface area contributed by atoms with Crippen LogP contribution in [-0.4, -0.2) is 37.4 Å². The van der Waals surface area contributed by atoms with Crippen molar-refractivity contribution in [3.63, 3.8) is 0 Å². The maximum absolute atomic E-state index is 12.2. The van der Waals surface area contributed by atoms with E-state index in [1.54, 1.807) is 31.2 Å². The Morgan fingerprint density at radius 3 is 2.33 bits per heavy atom. The van der Waals surface area contributed by atoms with Crippen LogP contribution in [-0.2, 0) is 14.7 Å². The average molecular weight is 452 g/mol. The van der Waals surface area contributed by atoms with Crippen molar-refractivity contribution < 1.29 is 36.5 Å². The van der Waals surface area contributed by atoms with Crippen molar-refractivity contribution in [3.8, 4) is 5.75 Å². The average Bonchev–Trinajstić information content (AvgIpc) is 2.62. The van der Waals surface area contributed by atoms with Crippen molar-refractivity contribution in [1.82, 2.24) is 0 Å². The van der Waals surface area contributed by atoms with Crippen LogP contribution in [0.2, 0.25) is 0 Å². The van der Waals surface area contributed by atoms with E-state index in [1.165, 1.54) is 36.1 Å². The van der Waals surface area contributed by atoms with Gasteiger partial charge in [0, 0.05) is 31.9 Å². The number of carboxylic acids is 1. The Bertz CT molecular complexity index is 1300. The third-order valence-electron chi connectivity index (χ3n) is 4.64. The lowest BCUT2D eigenvalue weighted by Crippen LogP contribution is -2.45. The number of fused-ring (bicyclic) bond motifs is 2. The van der Waals surface area contributed by atoms with Crippen molar-refractivity contribution in [2.75, 3.05) is 13.3 Å². The second kappa shape index (κ2) is 7.98. The minimum atomic E-state index is -4.50. The lowest BCUT2D eigenvalue weighted by molar-refractivity contribution is -0.651. The van der Waals surface area contributed by atoms with Crippen LogP contribution in [0.15, 0.2) is 42.5 Å². The molecule has 0 aliphatic rings. The molecule has 0 aliphatic carbocycles. The van der Waals surface area contributed by atoms with Crippen molar-refractivity contribution in [2.24, 2.45) is 0 Å². The van der Waals surface area contributed by atoms with Gasteiger partial charge >= 0.3 is 16.1 Å². The Morgan fingerprint density at radius 2 is 1.77 bits per heavy atom. The quantitative estimate of drug-likeness (QED) is 0.240. The molecule has 1 heterocycles. The second-order valence-electron chi connectivity index (χ2n) is 7.35. The molecule has 0 fully saturated rings. The molecule has 0 radical (unpaired) electrons. The fraction of sp³-hybridized carbons (Fsp3) is 0.300. The molecule has 0 saturated heterocycles. The van der Waals surface area contributed by atoms with Crippen LogP contribution in [0.4, 0.5) is 0 Å². The topological polar surface area (TPSA) is 122 Å². The zero-order valence-corrected chi connectivity index (χ0v) is 18.5. The Hall–Kier alpha value is -2.48. The van der Waals surface area contributed by atoms with E-state index in [0.717, 1.165) is 0 Å². The van der Waals surface area contributed by atoms with Crippen molar-refractivity contribution in [3.05, 3.63) is 48.0 Å². The number of nitrogens with zero attached hydrogens (tertiary/aromatic N) is 1. The van der Waals surface area contributed by atoms with Crippen LogP contribution < -0.4 is 9.09 Å². The van der Waals surface area contributed by atoms with Gasteiger partial charge < -0.3 is 9.63 Å². The molecule has 0 spiro atoms. The normalized spacial score (nSPS) is 13.5. The zero-order valence-electron chi connectivity index (χ0n) is 16.8. The maximum atomic E-state index is 12.2. The smallest absolute Gasteiger partial charge is 0.337 e. The molecule has 1 unspecified atom stereocenters. The van der Waals surface area contributed by atoms with E-state index >= 15 is 0 Å². The van der Waals surface area contributed by atoms with Gasteiger partial charge in [-0.25, -0.2) is 4.79 Å². The van der Waals surface area contributed by atoms with Crippen molar-refractivity contribution in [2.45, 2.75) is 25.1 Å². The standard InChI is InChI=1S/C20H22NO7PS/c1-4-7-18(30(25,26)27)21-16-9-6-5-8-14(16)19(20(22)23)15-12-13(10-11-17(15)21)28-29(2,3)24/h5-6,8-12,18H,4,7H2,1-3H3,(H-,22,23,25,26,27)/p+1. The second-order valence-corrected chi connectivity index (χ2v) is 11.6. The molecule has 8 nitrogen and oxygen atoms in total. The number of carbonyl (C=O) groups is 1. The fourth-order valence-corrected chi connectivity index (χ4v) is 5.25. The molecule has 1 atom stereocenters. The van der Waals surface area contributed by atoms with E-state index in [9.17, 15) is 27.4 Å². The summed E-state index contributed by atoms with van der Waals surface area (Å²) in [5.41, 5.74) is 0.635. The molecule has 3 rings (SSSR count). The summed E-state index contributed by atoms with van der Waals surface area (Å²) < 4.78 is 53.4. The number of aromatic carboxylic acids is 1. The summed E-state index contributed by atoms with van der Waals surface area (Å²) >= 11 is 0. The molecule has 160 valence electrons. The first kappa shape index (κ1) is 22.2. The van der Waals surface area contributed by atoms with E-state index < -0.39 is 28.8 Å². The molecule has 1 aromatic heterocycles. The summed E-state index contributed by atoms with van der Waals surface area (Å²) in [7, 11) is -7.41. The van der Waals surface area contributed by atoms with E-state index in [1.807, 2.05) is 0 Å². The monoisotopic (exact) mass is 452 g/mol. The Morgan fingerprint density at radius 1 is 1.13 bits per heavy atom. The third kappa shape index (κ3) is 4.33. The SMILES string of the molecule is CCCC([n+]1c2ccccc2c(C(=O)O)c2cc(OP(C)(C)=O)ccc21)S(=O)(=O)O. The van der Waals surface area contributed by atoms with Gasteiger partial charge in [0.1, 0.15) is 5.75 Å². The number of pyridine rings is 1. The zero-order chi connectivity index (χ0) is 22.3. The molecule has 10 heteroatoms. The van der Waals surface area contributed by atoms with Gasteiger partial charge in [-0.15, -0.1) is 0 Å². The summed E-state index contributed by atoms with van der Waals surface area (Å²) in [6.07, 6.45) is 0.608. The molecule has 2 aromatic carbocycles. The Labute approximate surface area is 174 Å². The fourth-order valence-electron chi connectivity index (χ4n) is 3.60. The highest BCUT2D eigenvalue weighted by atomic mass is 32.2. The molecule has 0 bridgehead atoms. The van der Waals surface area contributed by atoms with Crippen LogP contribution in [0.5, 0.6) is 5.75 Å². The highest BCUT2D eigenvalue weighted by molar-refractivity contribution is 7.85. The van der Waals surface area contributed by atoms with Crippen molar-refractivity contribution >= 4 is 45.3 Å². The van der Waals surface area contributed by atoms with Gasteiger partial charge in [-0.2, -0.15) is 13.0 Å². The highest BCUT2D eigenvalue weighted by Crippen LogP contribution is 2.40. The first-order valence-electron chi connectivity index (χ1n) is 9.28. The van der Waals surface area contributed by atoms with Gasteiger partial charge in [0.05, 0.1) is 16.3 Å². The largest absolute Gasteiger partial charge is 0.478 e. The van der Waals surface area contributed by atoms with Crippen LogP contribution in [0.25, 0.3) is 21.8 Å².